The highest BCUT2D eigenvalue weighted by molar-refractivity contribution is 6.04. The van der Waals surface area contributed by atoms with Crippen molar-refractivity contribution in [3.63, 3.8) is 0 Å². The van der Waals surface area contributed by atoms with Gasteiger partial charge in [-0.2, -0.15) is 4.98 Å². The number of carbonyl (C=O) groups is 3. The Morgan fingerprint density at radius 2 is 2.00 bits per heavy atom. The van der Waals surface area contributed by atoms with Crippen molar-refractivity contribution in [3.8, 4) is 0 Å². The summed E-state index contributed by atoms with van der Waals surface area (Å²) in [7, 11) is 0. The number of nitrogens with zero attached hydrogens (tertiary/aromatic N) is 3. The van der Waals surface area contributed by atoms with E-state index in [-0.39, 0.29) is 36.5 Å². The number of hydrogen-bond acceptors (Lipinski definition) is 5. The maximum atomic E-state index is 12.5. The van der Waals surface area contributed by atoms with Crippen molar-refractivity contribution < 1.29 is 14.4 Å². The van der Waals surface area contributed by atoms with Gasteiger partial charge in [0.2, 0.25) is 11.9 Å². The number of benzene rings is 1. The molecule has 2 aromatic rings. The molecule has 3 rings (SSSR count). The summed E-state index contributed by atoms with van der Waals surface area (Å²) in [6, 6.07) is 8.55. The fourth-order valence-electron chi connectivity index (χ4n) is 2.92. The molecule has 1 aromatic carbocycles. The summed E-state index contributed by atoms with van der Waals surface area (Å²) in [5, 5.41) is 11.9. The Labute approximate surface area is 162 Å². The number of aromatic nitrogens is 3. The van der Waals surface area contributed by atoms with Crippen LogP contribution in [0.3, 0.4) is 0 Å². The Morgan fingerprint density at radius 1 is 1.25 bits per heavy atom. The number of anilines is 1. The summed E-state index contributed by atoms with van der Waals surface area (Å²) in [5.74, 6) is 0.460. The summed E-state index contributed by atoms with van der Waals surface area (Å²) in [6.45, 7) is 4.24. The Morgan fingerprint density at radius 3 is 2.68 bits per heavy atom. The van der Waals surface area contributed by atoms with Gasteiger partial charge in [0, 0.05) is 18.9 Å². The van der Waals surface area contributed by atoms with Crippen molar-refractivity contribution >= 4 is 23.8 Å². The zero-order valence-corrected chi connectivity index (χ0v) is 15.9. The maximum Gasteiger partial charge on any atom is 0.324 e. The van der Waals surface area contributed by atoms with E-state index in [2.05, 4.69) is 25.8 Å². The van der Waals surface area contributed by atoms with E-state index in [1.54, 1.807) is 0 Å². The van der Waals surface area contributed by atoms with Crippen LogP contribution in [-0.4, -0.2) is 50.5 Å². The molecule has 1 fully saturated rings. The highest BCUT2D eigenvalue weighted by Crippen LogP contribution is 2.14. The van der Waals surface area contributed by atoms with Gasteiger partial charge in [-0.1, -0.05) is 44.2 Å². The van der Waals surface area contributed by atoms with Gasteiger partial charge in [-0.3, -0.25) is 24.9 Å². The Bertz CT molecular complexity index is 848. The van der Waals surface area contributed by atoms with E-state index in [4.69, 9.17) is 0 Å². The van der Waals surface area contributed by atoms with Crippen molar-refractivity contribution in [3.05, 3.63) is 41.7 Å². The fourth-order valence-corrected chi connectivity index (χ4v) is 2.92. The number of urea groups is 1. The van der Waals surface area contributed by atoms with Crippen LogP contribution in [-0.2, 0) is 16.0 Å². The highest BCUT2D eigenvalue weighted by Gasteiger charge is 2.37. The molecule has 0 radical (unpaired) electrons. The highest BCUT2D eigenvalue weighted by atomic mass is 16.2. The number of rotatable bonds is 8. The first kappa shape index (κ1) is 19.5. The first-order valence-electron chi connectivity index (χ1n) is 9.32. The lowest BCUT2D eigenvalue weighted by atomic mass is 10.1. The average Bonchev–Trinajstić information content (AvgIpc) is 3.24. The van der Waals surface area contributed by atoms with E-state index < -0.39 is 12.1 Å². The van der Waals surface area contributed by atoms with Crippen molar-refractivity contribution in [2.75, 3.05) is 11.9 Å². The van der Waals surface area contributed by atoms with Crippen LogP contribution < -0.4 is 10.6 Å². The summed E-state index contributed by atoms with van der Waals surface area (Å²) < 4.78 is 0. The average molecular weight is 384 g/mol. The summed E-state index contributed by atoms with van der Waals surface area (Å²) in [4.78, 5) is 42.0. The lowest BCUT2D eigenvalue weighted by Crippen LogP contribution is -2.33. The normalized spacial score (nSPS) is 16.5. The van der Waals surface area contributed by atoms with Gasteiger partial charge in [0.15, 0.2) is 0 Å². The van der Waals surface area contributed by atoms with Gasteiger partial charge in [0.25, 0.3) is 5.91 Å². The predicted molar refractivity (Wildman–Crippen MR) is 103 cm³/mol. The second kappa shape index (κ2) is 8.64. The van der Waals surface area contributed by atoms with Crippen LogP contribution in [0.2, 0.25) is 0 Å². The van der Waals surface area contributed by atoms with Crippen LogP contribution >= 0.6 is 0 Å². The number of nitrogens with one attached hydrogen (secondary N) is 3. The zero-order valence-electron chi connectivity index (χ0n) is 15.9. The third-order valence-electron chi connectivity index (χ3n) is 4.53. The molecular formula is C19H24N6O3. The first-order chi connectivity index (χ1) is 13.4. The topological polar surface area (TPSA) is 120 Å². The van der Waals surface area contributed by atoms with Crippen molar-refractivity contribution in [2.24, 2.45) is 0 Å². The SMILES string of the molecule is CC(C)c1nc(NC(=O)CCC2NC(=O)N(CCc3ccccc3)C2=O)n[nH]1. The minimum atomic E-state index is -0.688. The van der Waals surface area contributed by atoms with Gasteiger partial charge in [0.1, 0.15) is 11.9 Å². The van der Waals surface area contributed by atoms with E-state index in [1.165, 1.54) is 4.90 Å². The second-order valence-electron chi connectivity index (χ2n) is 7.01. The minimum absolute atomic E-state index is 0.0781. The van der Waals surface area contributed by atoms with Gasteiger partial charge in [0.05, 0.1) is 0 Å². The molecule has 1 unspecified atom stereocenters. The number of imide groups is 1. The summed E-state index contributed by atoms with van der Waals surface area (Å²) >= 11 is 0. The van der Waals surface area contributed by atoms with E-state index in [9.17, 15) is 14.4 Å². The van der Waals surface area contributed by atoms with Gasteiger partial charge >= 0.3 is 6.03 Å². The Hall–Kier alpha value is -3.23. The van der Waals surface area contributed by atoms with Crippen LogP contribution in [0.25, 0.3) is 0 Å². The number of H-pyrrole nitrogens is 1. The van der Waals surface area contributed by atoms with Crippen LogP contribution in [0.5, 0.6) is 0 Å². The molecule has 148 valence electrons. The molecule has 9 heteroatoms. The van der Waals surface area contributed by atoms with Crippen LogP contribution in [0.15, 0.2) is 30.3 Å². The van der Waals surface area contributed by atoms with Crippen LogP contribution in [0, 0.1) is 0 Å². The summed E-state index contributed by atoms with van der Waals surface area (Å²) in [5.41, 5.74) is 1.05. The number of aromatic amines is 1. The van der Waals surface area contributed by atoms with Gasteiger partial charge in [-0.15, -0.1) is 5.10 Å². The molecule has 1 aliphatic heterocycles. The van der Waals surface area contributed by atoms with Crippen LogP contribution in [0.1, 0.15) is 44.0 Å². The monoisotopic (exact) mass is 384 g/mol. The Balaban J connectivity index is 1.47. The van der Waals surface area contributed by atoms with Crippen LogP contribution in [0.4, 0.5) is 10.7 Å². The van der Waals surface area contributed by atoms with Crippen molar-refractivity contribution in [2.45, 2.75) is 45.1 Å². The fraction of sp³-hybridized carbons (Fsp3) is 0.421. The smallest absolute Gasteiger partial charge is 0.324 e. The minimum Gasteiger partial charge on any atom is -0.326 e. The van der Waals surface area contributed by atoms with E-state index in [0.29, 0.717) is 18.8 Å². The molecule has 2 heterocycles. The molecule has 3 N–H and O–H groups in total. The molecule has 1 aromatic heterocycles. The van der Waals surface area contributed by atoms with Gasteiger partial charge < -0.3 is 5.32 Å². The maximum absolute atomic E-state index is 12.5. The number of hydrogen-bond donors (Lipinski definition) is 3. The predicted octanol–water partition coefficient (Wildman–Crippen LogP) is 1.81. The summed E-state index contributed by atoms with van der Waals surface area (Å²) in [6.07, 6.45) is 0.894. The third kappa shape index (κ3) is 4.73. The molecule has 1 saturated heterocycles. The molecule has 1 atom stereocenters. The third-order valence-corrected chi connectivity index (χ3v) is 4.53. The van der Waals surface area contributed by atoms with Gasteiger partial charge in [-0.05, 0) is 18.4 Å². The molecule has 4 amide bonds. The standard InChI is InChI=1S/C19H24N6O3/c1-12(2)16-22-18(24-23-16)21-15(26)9-8-14-17(27)25(19(28)20-14)11-10-13-6-4-3-5-7-13/h3-7,12,14H,8-11H2,1-2H3,(H,20,28)(H2,21,22,23,24,26). The molecule has 9 nitrogen and oxygen atoms in total. The lowest BCUT2D eigenvalue weighted by molar-refractivity contribution is -0.127. The molecule has 0 spiro atoms. The molecule has 0 aliphatic carbocycles. The molecule has 0 saturated carbocycles. The van der Waals surface area contributed by atoms with Crippen molar-refractivity contribution in [1.82, 2.24) is 25.4 Å². The molecule has 1 aliphatic rings. The van der Waals surface area contributed by atoms with Gasteiger partial charge in [-0.25, -0.2) is 4.79 Å². The van der Waals surface area contributed by atoms with E-state index in [0.717, 1.165) is 5.56 Å². The lowest BCUT2D eigenvalue weighted by Gasteiger charge is -2.12. The zero-order chi connectivity index (χ0) is 20.1. The number of amides is 4. The first-order valence-corrected chi connectivity index (χ1v) is 9.32. The number of carbonyl (C=O) groups excluding carboxylic acids is 3. The van der Waals surface area contributed by atoms with Crippen molar-refractivity contribution in [1.29, 1.82) is 0 Å². The van der Waals surface area contributed by atoms with E-state index >= 15 is 0 Å². The molecular weight excluding hydrogens is 360 g/mol. The second-order valence-corrected chi connectivity index (χ2v) is 7.01. The molecule has 28 heavy (non-hydrogen) atoms. The van der Waals surface area contributed by atoms with E-state index in [1.807, 2.05) is 44.2 Å². The Kier molecular flexibility index (Phi) is 6.03. The quantitative estimate of drug-likeness (QED) is 0.600. The molecule has 0 bridgehead atoms. The largest absolute Gasteiger partial charge is 0.326 e.